The number of hydrogen-bond acceptors (Lipinski definition) is 3. The van der Waals surface area contributed by atoms with E-state index in [1.807, 2.05) is 24.3 Å². The van der Waals surface area contributed by atoms with Crippen molar-refractivity contribution in [2.45, 2.75) is 44.2 Å². The molecule has 0 bridgehead atoms. The number of para-hydroxylation sites is 1. The van der Waals surface area contributed by atoms with Crippen LogP contribution in [0.15, 0.2) is 53.5 Å². The van der Waals surface area contributed by atoms with Crippen molar-refractivity contribution in [3.8, 4) is 0 Å². The molecule has 3 N–H and O–H groups in total. The van der Waals surface area contributed by atoms with E-state index in [0.29, 0.717) is 11.4 Å². The van der Waals surface area contributed by atoms with E-state index in [2.05, 4.69) is 41.8 Å². The van der Waals surface area contributed by atoms with Gasteiger partial charge in [0.25, 0.3) is 0 Å². The highest BCUT2D eigenvalue weighted by molar-refractivity contribution is 6.30. The first-order valence-electron chi connectivity index (χ1n) is 10.2. The highest BCUT2D eigenvalue weighted by atomic mass is 35.5. The van der Waals surface area contributed by atoms with E-state index in [1.165, 1.54) is 5.56 Å². The van der Waals surface area contributed by atoms with Gasteiger partial charge in [0.1, 0.15) is 5.84 Å². The van der Waals surface area contributed by atoms with E-state index in [1.54, 1.807) is 0 Å². The number of nitrogens with one attached hydrogen (secondary N) is 2. The van der Waals surface area contributed by atoms with Crippen LogP contribution in [-0.2, 0) is 12.0 Å². The molecule has 3 unspecified atom stereocenters. The van der Waals surface area contributed by atoms with Gasteiger partial charge in [-0.05, 0) is 62.1 Å². The number of anilines is 1. The Morgan fingerprint density at radius 2 is 1.96 bits per heavy atom. The zero-order valence-electron chi connectivity index (χ0n) is 16.3. The van der Waals surface area contributed by atoms with Crippen LogP contribution in [0.4, 0.5) is 5.69 Å². The van der Waals surface area contributed by atoms with Gasteiger partial charge in [-0.2, -0.15) is 0 Å². The number of piperidine rings is 1. The molecule has 0 spiro atoms. The predicted octanol–water partition coefficient (Wildman–Crippen LogP) is 4.37. The lowest BCUT2D eigenvalue weighted by atomic mass is 9.74. The van der Waals surface area contributed by atoms with Crippen molar-refractivity contribution in [1.29, 1.82) is 0 Å². The molecule has 2 aliphatic rings. The lowest BCUT2D eigenvalue weighted by Crippen LogP contribution is -2.49. The van der Waals surface area contributed by atoms with E-state index >= 15 is 0 Å². The van der Waals surface area contributed by atoms with Gasteiger partial charge in [-0.3, -0.25) is 4.99 Å². The standard InChI is InChI=1S/C23H28ClN3O/c1-16(26-22-11-6-17-4-2-3-5-21(17)27-22)14-19-15-25-13-12-23(19,28)18-7-9-20(24)10-8-18/h2-5,7-10,16,19,25,28H,6,11-15H2,1H3,(H,26,27). The van der Waals surface area contributed by atoms with Crippen molar-refractivity contribution < 1.29 is 5.11 Å². The smallest absolute Gasteiger partial charge is 0.101 e. The fourth-order valence-electron chi connectivity index (χ4n) is 4.48. The van der Waals surface area contributed by atoms with Crippen molar-refractivity contribution in [2.75, 3.05) is 18.4 Å². The molecule has 28 heavy (non-hydrogen) atoms. The van der Waals surface area contributed by atoms with E-state index in [4.69, 9.17) is 16.6 Å². The Morgan fingerprint density at radius 1 is 1.18 bits per heavy atom. The molecule has 2 aromatic rings. The van der Waals surface area contributed by atoms with Gasteiger partial charge in [0.15, 0.2) is 0 Å². The van der Waals surface area contributed by atoms with Crippen LogP contribution in [0.2, 0.25) is 5.02 Å². The summed E-state index contributed by atoms with van der Waals surface area (Å²) in [7, 11) is 0. The number of benzene rings is 2. The number of aryl methyl sites for hydroxylation is 1. The number of aliphatic hydroxyl groups is 1. The van der Waals surface area contributed by atoms with Crippen molar-refractivity contribution in [3.63, 3.8) is 0 Å². The van der Waals surface area contributed by atoms with Crippen LogP contribution >= 0.6 is 11.6 Å². The first-order chi connectivity index (χ1) is 13.5. The molecule has 1 fully saturated rings. The normalized spacial score (nSPS) is 27.1. The molecule has 4 rings (SSSR count). The van der Waals surface area contributed by atoms with E-state index in [-0.39, 0.29) is 12.0 Å². The number of rotatable bonds is 4. The average Bonchev–Trinajstić information content (AvgIpc) is 2.70. The van der Waals surface area contributed by atoms with Crippen molar-refractivity contribution in [3.05, 3.63) is 64.7 Å². The second kappa shape index (κ2) is 8.24. The molecule has 0 aliphatic carbocycles. The minimum atomic E-state index is -0.836. The van der Waals surface area contributed by atoms with Crippen LogP contribution in [-0.4, -0.2) is 30.1 Å². The summed E-state index contributed by atoms with van der Waals surface area (Å²) >= 11 is 6.04. The second-order valence-corrected chi connectivity index (χ2v) is 8.46. The summed E-state index contributed by atoms with van der Waals surface area (Å²) in [6.07, 6.45) is 3.49. The molecule has 3 atom stereocenters. The van der Waals surface area contributed by atoms with Crippen LogP contribution in [0, 0.1) is 5.92 Å². The van der Waals surface area contributed by atoms with Crippen LogP contribution in [0.5, 0.6) is 0 Å². The molecular formula is C23H28ClN3O. The average molecular weight is 398 g/mol. The van der Waals surface area contributed by atoms with Gasteiger partial charge in [0, 0.05) is 35.6 Å². The third-order valence-electron chi connectivity index (χ3n) is 6.02. The van der Waals surface area contributed by atoms with Gasteiger partial charge >= 0.3 is 0 Å². The zero-order chi connectivity index (χ0) is 19.6. The first kappa shape index (κ1) is 19.4. The number of nitrogens with zero attached hydrogens (tertiary/aromatic N) is 1. The SMILES string of the molecule is CC(CC1CNCCC1(O)c1ccc(Cl)cc1)N=C1CCc2ccccc2N1. The van der Waals surface area contributed by atoms with Gasteiger partial charge in [-0.25, -0.2) is 0 Å². The molecule has 0 aromatic heterocycles. The van der Waals surface area contributed by atoms with Crippen LogP contribution in [0.25, 0.3) is 0 Å². The third kappa shape index (κ3) is 4.09. The van der Waals surface area contributed by atoms with Crippen LogP contribution in [0.3, 0.4) is 0 Å². The lowest BCUT2D eigenvalue weighted by Gasteiger charge is -2.41. The number of fused-ring (bicyclic) bond motifs is 1. The monoisotopic (exact) mass is 397 g/mol. The van der Waals surface area contributed by atoms with Gasteiger partial charge < -0.3 is 15.7 Å². The van der Waals surface area contributed by atoms with Gasteiger partial charge in [0.05, 0.1) is 5.60 Å². The van der Waals surface area contributed by atoms with E-state index in [0.717, 1.165) is 49.4 Å². The summed E-state index contributed by atoms with van der Waals surface area (Å²) in [5.41, 5.74) is 2.63. The van der Waals surface area contributed by atoms with E-state index in [9.17, 15) is 5.11 Å². The molecule has 0 saturated carbocycles. The summed E-state index contributed by atoms with van der Waals surface area (Å²) in [6, 6.07) is 16.2. The lowest BCUT2D eigenvalue weighted by molar-refractivity contribution is -0.0512. The molecule has 4 nitrogen and oxygen atoms in total. The number of halogens is 1. The maximum absolute atomic E-state index is 11.5. The minimum absolute atomic E-state index is 0.109. The fraction of sp³-hybridized carbons (Fsp3) is 0.435. The molecule has 2 aliphatic heterocycles. The topological polar surface area (TPSA) is 56.6 Å². The minimum Gasteiger partial charge on any atom is -0.385 e. The highest BCUT2D eigenvalue weighted by Crippen LogP contribution is 2.38. The number of amidine groups is 1. The third-order valence-corrected chi connectivity index (χ3v) is 6.27. The Bertz CT molecular complexity index is 851. The molecule has 0 amide bonds. The summed E-state index contributed by atoms with van der Waals surface area (Å²) in [6.45, 7) is 3.76. The summed E-state index contributed by atoms with van der Waals surface area (Å²) in [5.74, 6) is 1.16. The molecule has 2 aromatic carbocycles. The van der Waals surface area contributed by atoms with Crippen LogP contribution in [0.1, 0.15) is 37.3 Å². The van der Waals surface area contributed by atoms with Crippen molar-refractivity contribution >= 4 is 23.1 Å². The van der Waals surface area contributed by atoms with Gasteiger partial charge in [-0.15, -0.1) is 0 Å². The molecule has 2 heterocycles. The quantitative estimate of drug-likeness (QED) is 0.717. The Hall–Kier alpha value is -1.88. The molecule has 1 saturated heterocycles. The molecular weight excluding hydrogens is 370 g/mol. The maximum Gasteiger partial charge on any atom is 0.101 e. The van der Waals surface area contributed by atoms with Gasteiger partial charge in [-0.1, -0.05) is 41.9 Å². The van der Waals surface area contributed by atoms with Gasteiger partial charge in [0.2, 0.25) is 0 Å². The number of hydrogen-bond donors (Lipinski definition) is 3. The number of aliphatic imine (C=N–C) groups is 1. The predicted molar refractivity (Wildman–Crippen MR) is 116 cm³/mol. The largest absolute Gasteiger partial charge is 0.385 e. The Morgan fingerprint density at radius 3 is 2.79 bits per heavy atom. The Balaban J connectivity index is 1.48. The maximum atomic E-state index is 11.5. The summed E-state index contributed by atoms with van der Waals surface area (Å²) < 4.78 is 0. The second-order valence-electron chi connectivity index (χ2n) is 8.02. The summed E-state index contributed by atoms with van der Waals surface area (Å²) in [4.78, 5) is 4.95. The summed E-state index contributed by atoms with van der Waals surface area (Å²) in [5, 5.41) is 19.2. The van der Waals surface area contributed by atoms with E-state index < -0.39 is 5.60 Å². The fourth-order valence-corrected chi connectivity index (χ4v) is 4.61. The molecule has 5 heteroatoms. The zero-order valence-corrected chi connectivity index (χ0v) is 17.0. The van der Waals surface area contributed by atoms with Crippen molar-refractivity contribution in [1.82, 2.24) is 5.32 Å². The first-order valence-corrected chi connectivity index (χ1v) is 10.5. The van der Waals surface area contributed by atoms with Crippen molar-refractivity contribution in [2.24, 2.45) is 10.9 Å². The Labute approximate surface area is 172 Å². The molecule has 0 radical (unpaired) electrons. The Kier molecular flexibility index (Phi) is 5.72. The molecule has 148 valence electrons. The van der Waals surface area contributed by atoms with Crippen LogP contribution < -0.4 is 10.6 Å². The highest BCUT2D eigenvalue weighted by Gasteiger charge is 2.40.